The second-order valence-electron chi connectivity index (χ2n) is 3.09. The number of benzene rings is 1. The van der Waals surface area contributed by atoms with E-state index in [0.717, 1.165) is 0 Å². The zero-order valence-electron chi connectivity index (χ0n) is 8.73. The van der Waals surface area contributed by atoms with Crippen LogP contribution in [0, 0.1) is 20.8 Å². The van der Waals surface area contributed by atoms with E-state index in [0.29, 0.717) is 0 Å². The number of nitrogens with one attached hydrogen (secondary N) is 1. The van der Waals surface area contributed by atoms with Crippen molar-refractivity contribution in [2.75, 3.05) is 14.1 Å². The van der Waals surface area contributed by atoms with Gasteiger partial charge >= 0.3 is 0 Å². The molecular weight excluding hydrogens is 146 g/mol. The van der Waals surface area contributed by atoms with Crippen molar-refractivity contribution < 1.29 is 0 Å². The predicted molar refractivity (Wildman–Crippen MR) is 55.6 cm³/mol. The van der Waals surface area contributed by atoms with Crippen LogP contribution in [-0.4, -0.2) is 14.1 Å². The molecule has 0 aliphatic carbocycles. The monoisotopic (exact) mass is 165 g/mol. The summed E-state index contributed by atoms with van der Waals surface area (Å²) < 4.78 is 0. The normalized spacial score (nSPS) is 8.75. The maximum atomic E-state index is 2.75. The highest BCUT2D eigenvalue weighted by atomic mass is 14.7. The molecule has 0 bridgehead atoms. The number of hydrogen-bond donors (Lipinski definition) is 1. The van der Waals surface area contributed by atoms with Crippen LogP contribution >= 0.6 is 0 Å². The highest BCUT2D eigenvalue weighted by Gasteiger charge is 1.89. The Labute approximate surface area is 75.8 Å². The summed E-state index contributed by atoms with van der Waals surface area (Å²) in [6, 6.07) is 6.50. The van der Waals surface area contributed by atoms with Crippen LogP contribution in [0.15, 0.2) is 18.2 Å². The highest BCUT2D eigenvalue weighted by molar-refractivity contribution is 5.28. The molecule has 0 spiro atoms. The Morgan fingerprint density at radius 2 is 1.42 bits per heavy atom. The molecule has 0 radical (unpaired) electrons. The van der Waals surface area contributed by atoms with Gasteiger partial charge in [-0.1, -0.05) is 23.8 Å². The smallest absolute Gasteiger partial charge is 0.0167 e. The van der Waals surface area contributed by atoms with E-state index in [1.165, 1.54) is 16.7 Å². The number of hydrogen-bond acceptors (Lipinski definition) is 1. The summed E-state index contributed by atoms with van der Waals surface area (Å²) in [6.45, 7) is 6.39. The van der Waals surface area contributed by atoms with Gasteiger partial charge in [-0.25, -0.2) is 0 Å². The Bertz CT molecular complexity index is 228. The fourth-order valence-corrected chi connectivity index (χ4v) is 0.891. The molecule has 0 aliphatic heterocycles. The summed E-state index contributed by atoms with van der Waals surface area (Å²) in [6.07, 6.45) is 0. The lowest BCUT2D eigenvalue weighted by molar-refractivity contribution is 1.02. The molecule has 0 heterocycles. The molecule has 0 unspecified atom stereocenters. The van der Waals surface area contributed by atoms with Crippen molar-refractivity contribution in [2.45, 2.75) is 20.8 Å². The molecule has 1 rings (SSSR count). The standard InChI is InChI=1S/C9H12.C2H7N/c1-7-4-5-8(2)9(3)6-7;1-3-2/h4-6H,1-3H3;3H,1-2H3. The van der Waals surface area contributed by atoms with Gasteiger partial charge in [-0.05, 0) is 46.0 Å². The molecular formula is C11H19N. The second kappa shape index (κ2) is 5.78. The maximum absolute atomic E-state index is 2.75. The minimum absolute atomic E-state index is 1.35. The van der Waals surface area contributed by atoms with Gasteiger partial charge in [0.05, 0.1) is 0 Å². The molecule has 1 heteroatoms. The average Bonchev–Trinajstić information content (AvgIpc) is 1.99. The van der Waals surface area contributed by atoms with Gasteiger partial charge in [0.2, 0.25) is 0 Å². The van der Waals surface area contributed by atoms with E-state index in [9.17, 15) is 0 Å². The molecule has 1 aromatic carbocycles. The maximum Gasteiger partial charge on any atom is -0.0167 e. The fraction of sp³-hybridized carbons (Fsp3) is 0.455. The molecule has 68 valence electrons. The first kappa shape index (κ1) is 11.2. The Balaban J connectivity index is 0.000000354. The molecule has 0 saturated carbocycles. The van der Waals surface area contributed by atoms with Crippen LogP contribution in [0.3, 0.4) is 0 Å². The van der Waals surface area contributed by atoms with Crippen molar-refractivity contribution >= 4 is 0 Å². The molecule has 0 aliphatic rings. The summed E-state index contributed by atoms with van der Waals surface area (Å²) in [5, 5.41) is 2.75. The summed E-state index contributed by atoms with van der Waals surface area (Å²) in [4.78, 5) is 0. The predicted octanol–water partition coefficient (Wildman–Crippen LogP) is 2.45. The Hall–Kier alpha value is -0.820. The van der Waals surface area contributed by atoms with Crippen LogP contribution in [0.5, 0.6) is 0 Å². The first-order chi connectivity index (χ1) is 5.61. The molecule has 0 amide bonds. The summed E-state index contributed by atoms with van der Waals surface area (Å²) in [5.41, 5.74) is 4.11. The third-order valence-corrected chi connectivity index (χ3v) is 1.66. The van der Waals surface area contributed by atoms with Crippen molar-refractivity contribution in [3.05, 3.63) is 34.9 Å². The summed E-state index contributed by atoms with van der Waals surface area (Å²) in [7, 11) is 3.75. The van der Waals surface area contributed by atoms with E-state index in [-0.39, 0.29) is 0 Å². The lowest BCUT2D eigenvalue weighted by atomic mass is 10.1. The lowest BCUT2D eigenvalue weighted by Crippen LogP contribution is -1.89. The first-order valence-corrected chi connectivity index (χ1v) is 4.24. The van der Waals surface area contributed by atoms with Crippen molar-refractivity contribution in [3.63, 3.8) is 0 Å². The van der Waals surface area contributed by atoms with Gasteiger partial charge < -0.3 is 5.32 Å². The van der Waals surface area contributed by atoms with Crippen molar-refractivity contribution in [1.29, 1.82) is 0 Å². The fourth-order valence-electron chi connectivity index (χ4n) is 0.891. The van der Waals surface area contributed by atoms with Crippen LogP contribution in [0.25, 0.3) is 0 Å². The minimum atomic E-state index is 1.35. The van der Waals surface area contributed by atoms with Crippen molar-refractivity contribution in [2.24, 2.45) is 0 Å². The molecule has 0 fully saturated rings. The second-order valence-corrected chi connectivity index (χ2v) is 3.09. The molecule has 0 saturated heterocycles. The Morgan fingerprint density at radius 3 is 1.75 bits per heavy atom. The van der Waals surface area contributed by atoms with E-state index in [2.05, 4.69) is 44.3 Å². The SMILES string of the molecule is CNC.Cc1ccc(C)c(C)c1. The third-order valence-electron chi connectivity index (χ3n) is 1.66. The van der Waals surface area contributed by atoms with Gasteiger partial charge in [-0.2, -0.15) is 0 Å². The third kappa shape index (κ3) is 4.14. The number of aryl methyl sites for hydroxylation is 3. The largest absolute Gasteiger partial charge is 0.323 e. The first-order valence-electron chi connectivity index (χ1n) is 4.24. The topological polar surface area (TPSA) is 12.0 Å². The molecule has 1 nitrogen and oxygen atoms in total. The van der Waals surface area contributed by atoms with Gasteiger partial charge in [-0.3, -0.25) is 0 Å². The van der Waals surface area contributed by atoms with Crippen molar-refractivity contribution in [1.82, 2.24) is 5.32 Å². The van der Waals surface area contributed by atoms with E-state index < -0.39 is 0 Å². The van der Waals surface area contributed by atoms with Crippen LogP contribution in [0.4, 0.5) is 0 Å². The molecule has 0 aromatic heterocycles. The summed E-state index contributed by atoms with van der Waals surface area (Å²) >= 11 is 0. The van der Waals surface area contributed by atoms with Gasteiger partial charge in [-0.15, -0.1) is 0 Å². The molecule has 12 heavy (non-hydrogen) atoms. The van der Waals surface area contributed by atoms with Crippen LogP contribution in [0.2, 0.25) is 0 Å². The van der Waals surface area contributed by atoms with E-state index in [1.54, 1.807) is 0 Å². The van der Waals surface area contributed by atoms with E-state index in [4.69, 9.17) is 0 Å². The van der Waals surface area contributed by atoms with E-state index in [1.807, 2.05) is 14.1 Å². The minimum Gasteiger partial charge on any atom is -0.323 e. The zero-order chi connectivity index (χ0) is 9.56. The van der Waals surface area contributed by atoms with Crippen molar-refractivity contribution in [3.8, 4) is 0 Å². The molecule has 1 N–H and O–H groups in total. The van der Waals surface area contributed by atoms with Gasteiger partial charge in [0.25, 0.3) is 0 Å². The average molecular weight is 165 g/mol. The van der Waals surface area contributed by atoms with Crippen LogP contribution < -0.4 is 5.32 Å². The lowest BCUT2D eigenvalue weighted by Gasteiger charge is -1.98. The molecule has 1 aromatic rings. The Morgan fingerprint density at radius 1 is 0.917 bits per heavy atom. The van der Waals surface area contributed by atoms with Gasteiger partial charge in [0.1, 0.15) is 0 Å². The van der Waals surface area contributed by atoms with E-state index >= 15 is 0 Å². The zero-order valence-corrected chi connectivity index (χ0v) is 8.73. The summed E-state index contributed by atoms with van der Waals surface area (Å²) in [5.74, 6) is 0. The molecule has 0 atom stereocenters. The van der Waals surface area contributed by atoms with Crippen LogP contribution in [0.1, 0.15) is 16.7 Å². The number of rotatable bonds is 0. The van der Waals surface area contributed by atoms with Gasteiger partial charge in [0.15, 0.2) is 0 Å². The van der Waals surface area contributed by atoms with Crippen LogP contribution in [-0.2, 0) is 0 Å². The highest BCUT2D eigenvalue weighted by Crippen LogP contribution is 2.07. The van der Waals surface area contributed by atoms with Gasteiger partial charge in [0, 0.05) is 0 Å². The quantitative estimate of drug-likeness (QED) is 0.622. The Kier molecular flexibility index (Phi) is 5.39.